The Balaban J connectivity index is 1.39. The lowest BCUT2D eigenvalue weighted by Gasteiger charge is -2.17. The van der Waals surface area contributed by atoms with Crippen LogP contribution in [0.5, 0.6) is 0 Å². The molecule has 0 unspecified atom stereocenters. The van der Waals surface area contributed by atoms with Gasteiger partial charge in [-0.1, -0.05) is 48.5 Å². The van der Waals surface area contributed by atoms with Crippen molar-refractivity contribution in [2.24, 2.45) is 0 Å². The summed E-state index contributed by atoms with van der Waals surface area (Å²) in [7, 11) is 0. The highest BCUT2D eigenvalue weighted by Gasteiger charge is 2.18. The summed E-state index contributed by atoms with van der Waals surface area (Å²) in [6.45, 7) is 1.93. The van der Waals surface area contributed by atoms with Crippen molar-refractivity contribution in [1.82, 2.24) is 5.32 Å². The number of furan rings is 1. The molecule has 158 valence electrons. The standard InChI is InChI=1S/C25H19N3O4/c1-15(18-9-4-7-16-6-2-3-8-19(16)18)26-25(29)27-17-12-13-20-21-10-5-11-22(28(30)31)24(21)32-23(20)14-17/h2-15H,1H3,(H2,26,27,29)/t15-/m1/s1. The maximum atomic E-state index is 12.6. The number of rotatable bonds is 4. The first-order chi connectivity index (χ1) is 15.5. The zero-order valence-electron chi connectivity index (χ0n) is 17.2. The minimum absolute atomic E-state index is 0.0881. The number of non-ortho nitro benzene ring substituents is 1. The molecule has 0 spiro atoms. The van der Waals surface area contributed by atoms with E-state index in [0.717, 1.165) is 21.7 Å². The smallest absolute Gasteiger partial charge is 0.319 e. The number of nitro groups is 1. The molecule has 1 atom stereocenters. The Morgan fingerprint density at radius 3 is 2.53 bits per heavy atom. The van der Waals surface area contributed by atoms with Crippen molar-refractivity contribution in [3.63, 3.8) is 0 Å². The molecule has 2 N–H and O–H groups in total. The van der Waals surface area contributed by atoms with Gasteiger partial charge in [0.05, 0.1) is 11.0 Å². The average molecular weight is 425 g/mol. The van der Waals surface area contributed by atoms with Gasteiger partial charge in [0.25, 0.3) is 0 Å². The van der Waals surface area contributed by atoms with E-state index in [0.29, 0.717) is 16.7 Å². The first-order valence-electron chi connectivity index (χ1n) is 10.2. The molecule has 0 saturated heterocycles. The van der Waals surface area contributed by atoms with Gasteiger partial charge in [-0.25, -0.2) is 4.79 Å². The normalized spacial score (nSPS) is 12.2. The van der Waals surface area contributed by atoms with E-state index in [1.165, 1.54) is 6.07 Å². The van der Waals surface area contributed by atoms with Crippen LogP contribution in [0, 0.1) is 10.1 Å². The highest BCUT2D eigenvalue weighted by molar-refractivity contribution is 6.08. The van der Waals surface area contributed by atoms with Crippen LogP contribution in [0.4, 0.5) is 16.2 Å². The number of anilines is 1. The summed E-state index contributed by atoms with van der Waals surface area (Å²) in [5.74, 6) is 0. The molecule has 32 heavy (non-hydrogen) atoms. The number of para-hydroxylation sites is 1. The SMILES string of the molecule is C[C@@H](NC(=O)Nc1ccc2c(c1)oc1c([N+](=O)[O-])cccc12)c1cccc2ccccc12. The van der Waals surface area contributed by atoms with Gasteiger partial charge in [-0.2, -0.15) is 0 Å². The number of nitro benzene ring substituents is 1. The van der Waals surface area contributed by atoms with Crippen LogP contribution in [0.25, 0.3) is 32.7 Å². The molecule has 5 rings (SSSR count). The Bertz CT molecular complexity index is 1500. The average Bonchev–Trinajstić information content (AvgIpc) is 3.16. The molecule has 0 radical (unpaired) electrons. The topological polar surface area (TPSA) is 97.4 Å². The number of hydrogen-bond acceptors (Lipinski definition) is 4. The van der Waals surface area contributed by atoms with E-state index in [1.807, 2.05) is 49.4 Å². The first kappa shape index (κ1) is 19.6. The fraction of sp³-hybridized carbons (Fsp3) is 0.0800. The Kier molecular flexibility index (Phi) is 4.71. The van der Waals surface area contributed by atoms with Crippen LogP contribution >= 0.6 is 0 Å². The minimum Gasteiger partial charge on any atom is -0.449 e. The molecule has 0 bridgehead atoms. The molecule has 0 aliphatic rings. The number of nitrogens with zero attached hydrogens (tertiary/aromatic N) is 1. The fourth-order valence-corrected chi connectivity index (χ4v) is 4.07. The lowest BCUT2D eigenvalue weighted by Crippen LogP contribution is -2.31. The Morgan fingerprint density at radius 1 is 0.938 bits per heavy atom. The maximum Gasteiger partial charge on any atom is 0.319 e. The van der Waals surface area contributed by atoms with Gasteiger partial charge >= 0.3 is 11.7 Å². The zero-order chi connectivity index (χ0) is 22.2. The van der Waals surface area contributed by atoms with Crippen molar-refractivity contribution >= 4 is 50.1 Å². The maximum absolute atomic E-state index is 12.6. The van der Waals surface area contributed by atoms with Crippen LogP contribution in [0.3, 0.4) is 0 Å². The number of hydrogen-bond donors (Lipinski definition) is 2. The number of urea groups is 1. The quantitative estimate of drug-likeness (QED) is 0.253. The fourth-order valence-electron chi connectivity index (χ4n) is 4.07. The summed E-state index contributed by atoms with van der Waals surface area (Å²) in [5, 5.41) is 20.7. The zero-order valence-corrected chi connectivity index (χ0v) is 17.2. The molecule has 5 aromatic rings. The second-order valence-corrected chi connectivity index (χ2v) is 7.61. The van der Waals surface area contributed by atoms with Crippen molar-refractivity contribution < 1.29 is 14.1 Å². The second kappa shape index (κ2) is 7.70. The van der Waals surface area contributed by atoms with E-state index in [9.17, 15) is 14.9 Å². The summed E-state index contributed by atoms with van der Waals surface area (Å²) in [5.41, 5.74) is 2.16. The van der Waals surface area contributed by atoms with Crippen molar-refractivity contribution in [3.8, 4) is 0 Å². The van der Waals surface area contributed by atoms with Crippen molar-refractivity contribution in [1.29, 1.82) is 0 Å². The molecular weight excluding hydrogens is 406 g/mol. The van der Waals surface area contributed by atoms with Gasteiger partial charge in [0.15, 0.2) is 0 Å². The van der Waals surface area contributed by atoms with Gasteiger partial charge in [-0.15, -0.1) is 0 Å². The molecule has 2 amide bonds. The van der Waals surface area contributed by atoms with Crippen LogP contribution in [0.1, 0.15) is 18.5 Å². The molecule has 7 nitrogen and oxygen atoms in total. The van der Waals surface area contributed by atoms with E-state index in [2.05, 4.69) is 10.6 Å². The van der Waals surface area contributed by atoms with E-state index in [4.69, 9.17) is 4.42 Å². The molecule has 1 heterocycles. The summed E-state index contributed by atoms with van der Waals surface area (Å²) in [4.78, 5) is 23.5. The van der Waals surface area contributed by atoms with Gasteiger partial charge in [0, 0.05) is 28.6 Å². The monoisotopic (exact) mass is 425 g/mol. The van der Waals surface area contributed by atoms with Crippen LogP contribution < -0.4 is 10.6 Å². The molecule has 0 aliphatic heterocycles. The van der Waals surface area contributed by atoms with Crippen molar-refractivity contribution in [2.75, 3.05) is 5.32 Å². The van der Waals surface area contributed by atoms with Crippen molar-refractivity contribution in [2.45, 2.75) is 13.0 Å². The molecule has 7 heteroatoms. The summed E-state index contributed by atoms with van der Waals surface area (Å²) >= 11 is 0. The third-order valence-electron chi connectivity index (χ3n) is 5.57. The lowest BCUT2D eigenvalue weighted by molar-refractivity contribution is -0.383. The van der Waals surface area contributed by atoms with Crippen LogP contribution in [0.15, 0.2) is 83.3 Å². The van der Waals surface area contributed by atoms with Crippen LogP contribution in [-0.2, 0) is 0 Å². The number of carbonyl (C=O) groups excluding carboxylic acids is 1. The number of amides is 2. The summed E-state index contributed by atoms with van der Waals surface area (Å²) < 4.78 is 5.75. The van der Waals surface area contributed by atoms with Gasteiger partial charge in [-0.05, 0) is 41.5 Å². The Labute approximate surface area is 182 Å². The van der Waals surface area contributed by atoms with Crippen LogP contribution in [0.2, 0.25) is 0 Å². The lowest BCUT2D eigenvalue weighted by atomic mass is 10.00. The molecular formula is C25H19N3O4. The molecule has 0 fully saturated rings. The number of carbonyl (C=O) groups is 1. The second-order valence-electron chi connectivity index (χ2n) is 7.61. The molecule has 1 aromatic heterocycles. The molecule has 0 aliphatic carbocycles. The van der Waals surface area contributed by atoms with E-state index in [-0.39, 0.29) is 23.3 Å². The highest BCUT2D eigenvalue weighted by Crippen LogP contribution is 2.35. The highest BCUT2D eigenvalue weighted by atomic mass is 16.6. The van der Waals surface area contributed by atoms with Gasteiger partial charge in [0.2, 0.25) is 5.58 Å². The number of nitrogens with one attached hydrogen (secondary N) is 2. The number of benzene rings is 4. The number of fused-ring (bicyclic) bond motifs is 4. The van der Waals surface area contributed by atoms with E-state index >= 15 is 0 Å². The Morgan fingerprint density at radius 2 is 1.69 bits per heavy atom. The third kappa shape index (κ3) is 3.39. The van der Waals surface area contributed by atoms with Gasteiger partial charge in [0.1, 0.15) is 5.58 Å². The van der Waals surface area contributed by atoms with Crippen LogP contribution in [-0.4, -0.2) is 11.0 Å². The minimum atomic E-state index is -0.466. The third-order valence-corrected chi connectivity index (χ3v) is 5.57. The first-order valence-corrected chi connectivity index (χ1v) is 10.2. The summed E-state index contributed by atoms with van der Waals surface area (Å²) in [6.07, 6.45) is 0. The predicted octanol–water partition coefficient (Wildman–Crippen LogP) is 6.53. The predicted molar refractivity (Wildman–Crippen MR) is 125 cm³/mol. The van der Waals surface area contributed by atoms with Gasteiger partial charge < -0.3 is 15.1 Å². The van der Waals surface area contributed by atoms with E-state index < -0.39 is 4.92 Å². The summed E-state index contributed by atoms with van der Waals surface area (Å²) in [6, 6.07) is 23.5. The van der Waals surface area contributed by atoms with Crippen molar-refractivity contribution in [3.05, 3.63) is 94.5 Å². The molecule has 0 saturated carbocycles. The largest absolute Gasteiger partial charge is 0.449 e. The van der Waals surface area contributed by atoms with Gasteiger partial charge in [-0.3, -0.25) is 10.1 Å². The van der Waals surface area contributed by atoms with E-state index in [1.54, 1.807) is 30.3 Å². The Hall–Kier alpha value is -4.39. The molecule has 4 aromatic carbocycles.